The fourth-order valence-corrected chi connectivity index (χ4v) is 3.78. The van der Waals surface area contributed by atoms with E-state index >= 15 is 0 Å². The molecule has 3 heterocycles. The predicted molar refractivity (Wildman–Crippen MR) is 105 cm³/mol. The zero-order valence-corrected chi connectivity index (χ0v) is 15.6. The van der Waals surface area contributed by atoms with Crippen LogP contribution >= 0.6 is 0 Å². The van der Waals surface area contributed by atoms with Crippen molar-refractivity contribution in [1.29, 1.82) is 0 Å². The summed E-state index contributed by atoms with van der Waals surface area (Å²) in [6.07, 6.45) is 2.73. The van der Waals surface area contributed by atoms with Crippen LogP contribution in [0.2, 0.25) is 0 Å². The smallest absolute Gasteiger partial charge is 0.257 e. The number of aromatic amines is 1. The Kier molecular flexibility index (Phi) is 4.81. The number of pyridine rings is 2. The van der Waals surface area contributed by atoms with Crippen LogP contribution in [-0.4, -0.2) is 42.2 Å². The van der Waals surface area contributed by atoms with Crippen molar-refractivity contribution in [3.8, 4) is 11.5 Å². The van der Waals surface area contributed by atoms with Gasteiger partial charge in [0.1, 0.15) is 11.5 Å². The summed E-state index contributed by atoms with van der Waals surface area (Å²) in [5.74, 6) is 1.92. The Hall–Kier alpha value is -2.86. The second kappa shape index (κ2) is 7.40. The summed E-state index contributed by atoms with van der Waals surface area (Å²) in [4.78, 5) is 22.1. The number of ether oxygens (including phenoxy) is 2. The standard InChI is InChI=1S/C21H23N3O3/c1-26-16-6-5-15(20(10-16)27-2)13-24-9-7-14(12-24)18-11-19-17(21(25)23-18)4-3-8-22-19/h3-6,8,10-11,14H,7,9,12-13H2,1-2H3,(H,23,25)/t14-/m0/s1. The van der Waals surface area contributed by atoms with E-state index in [0.29, 0.717) is 11.3 Å². The van der Waals surface area contributed by atoms with Crippen molar-refractivity contribution >= 4 is 10.9 Å². The highest BCUT2D eigenvalue weighted by Crippen LogP contribution is 2.30. The lowest BCUT2D eigenvalue weighted by Crippen LogP contribution is -2.21. The lowest BCUT2D eigenvalue weighted by atomic mass is 10.0. The molecule has 27 heavy (non-hydrogen) atoms. The third-order valence-corrected chi connectivity index (χ3v) is 5.23. The Morgan fingerprint density at radius 2 is 2.11 bits per heavy atom. The Labute approximate surface area is 157 Å². The highest BCUT2D eigenvalue weighted by Gasteiger charge is 2.26. The molecule has 6 heteroatoms. The SMILES string of the molecule is COc1ccc(CN2CC[C@H](c3cc4ncccc4c(=O)[nH]3)C2)c(OC)c1. The van der Waals surface area contributed by atoms with Crippen molar-refractivity contribution in [2.75, 3.05) is 27.3 Å². The first-order valence-corrected chi connectivity index (χ1v) is 9.09. The average Bonchev–Trinajstić information content (AvgIpc) is 3.17. The monoisotopic (exact) mass is 365 g/mol. The van der Waals surface area contributed by atoms with Gasteiger partial charge in [-0.2, -0.15) is 0 Å². The van der Waals surface area contributed by atoms with Gasteiger partial charge in [-0.3, -0.25) is 14.7 Å². The number of nitrogens with one attached hydrogen (secondary N) is 1. The Bertz CT molecular complexity index is 1010. The minimum Gasteiger partial charge on any atom is -0.497 e. The largest absolute Gasteiger partial charge is 0.497 e. The first-order valence-electron chi connectivity index (χ1n) is 9.09. The molecule has 0 aliphatic carbocycles. The van der Waals surface area contributed by atoms with E-state index in [4.69, 9.17) is 9.47 Å². The normalized spacial score (nSPS) is 17.3. The van der Waals surface area contributed by atoms with Gasteiger partial charge in [-0.25, -0.2) is 0 Å². The number of H-pyrrole nitrogens is 1. The van der Waals surface area contributed by atoms with Gasteiger partial charge in [0, 0.05) is 42.5 Å². The molecule has 3 aromatic rings. The van der Waals surface area contributed by atoms with Gasteiger partial charge in [0.05, 0.1) is 25.1 Å². The van der Waals surface area contributed by atoms with Crippen LogP contribution in [-0.2, 0) is 6.54 Å². The minimum absolute atomic E-state index is 0.0640. The molecule has 0 spiro atoms. The molecule has 1 aromatic carbocycles. The van der Waals surface area contributed by atoms with Crippen molar-refractivity contribution in [2.45, 2.75) is 18.9 Å². The summed E-state index contributed by atoms with van der Waals surface area (Å²) in [6, 6.07) is 11.5. The summed E-state index contributed by atoms with van der Waals surface area (Å²) in [6.45, 7) is 2.67. The van der Waals surface area contributed by atoms with E-state index in [1.807, 2.05) is 30.3 Å². The number of methoxy groups -OCH3 is 2. The lowest BCUT2D eigenvalue weighted by molar-refractivity contribution is 0.315. The van der Waals surface area contributed by atoms with Crippen molar-refractivity contribution in [3.05, 3.63) is 64.2 Å². The van der Waals surface area contributed by atoms with Crippen molar-refractivity contribution in [1.82, 2.24) is 14.9 Å². The van der Waals surface area contributed by atoms with Gasteiger partial charge in [-0.1, -0.05) is 6.07 Å². The molecular weight excluding hydrogens is 342 g/mol. The molecular formula is C21H23N3O3. The van der Waals surface area contributed by atoms with Gasteiger partial charge in [0.15, 0.2) is 0 Å². The summed E-state index contributed by atoms with van der Waals surface area (Å²) in [5.41, 5.74) is 2.79. The third kappa shape index (κ3) is 3.53. The van der Waals surface area contributed by atoms with E-state index in [-0.39, 0.29) is 5.56 Å². The first kappa shape index (κ1) is 17.5. The molecule has 0 bridgehead atoms. The molecule has 0 unspecified atom stereocenters. The zero-order valence-electron chi connectivity index (χ0n) is 15.6. The lowest BCUT2D eigenvalue weighted by Gasteiger charge is -2.18. The summed E-state index contributed by atoms with van der Waals surface area (Å²) in [5, 5.41) is 0.638. The second-order valence-corrected chi connectivity index (χ2v) is 6.89. The van der Waals surface area contributed by atoms with E-state index in [1.54, 1.807) is 26.5 Å². The third-order valence-electron chi connectivity index (χ3n) is 5.23. The molecule has 0 radical (unpaired) electrons. The van der Waals surface area contributed by atoms with Gasteiger partial charge >= 0.3 is 0 Å². The second-order valence-electron chi connectivity index (χ2n) is 6.89. The van der Waals surface area contributed by atoms with Gasteiger partial charge in [-0.05, 0) is 37.2 Å². The van der Waals surface area contributed by atoms with Gasteiger partial charge in [-0.15, -0.1) is 0 Å². The molecule has 1 atom stereocenters. The van der Waals surface area contributed by atoms with Crippen molar-refractivity contribution < 1.29 is 9.47 Å². The molecule has 4 rings (SSSR count). The molecule has 1 N–H and O–H groups in total. The fraction of sp³-hybridized carbons (Fsp3) is 0.333. The fourth-order valence-electron chi connectivity index (χ4n) is 3.78. The van der Waals surface area contributed by atoms with Crippen LogP contribution in [0.5, 0.6) is 11.5 Å². The van der Waals surface area contributed by atoms with E-state index in [1.165, 1.54) is 0 Å². The van der Waals surface area contributed by atoms with Gasteiger partial charge in [0.25, 0.3) is 5.56 Å². The van der Waals surface area contributed by atoms with Crippen LogP contribution < -0.4 is 15.0 Å². The summed E-state index contributed by atoms with van der Waals surface area (Å²) >= 11 is 0. The quantitative estimate of drug-likeness (QED) is 0.753. The number of aromatic nitrogens is 2. The maximum absolute atomic E-state index is 12.3. The highest BCUT2D eigenvalue weighted by atomic mass is 16.5. The van der Waals surface area contributed by atoms with Crippen LogP contribution in [0.4, 0.5) is 0 Å². The molecule has 0 saturated carbocycles. The van der Waals surface area contributed by atoms with E-state index in [9.17, 15) is 4.79 Å². The number of nitrogens with zero attached hydrogens (tertiary/aromatic N) is 2. The number of hydrogen-bond acceptors (Lipinski definition) is 5. The summed E-state index contributed by atoms with van der Waals surface area (Å²) < 4.78 is 10.8. The zero-order chi connectivity index (χ0) is 18.8. The number of fused-ring (bicyclic) bond motifs is 1. The molecule has 1 aliphatic heterocycles. The maximum atomic E-state index is 12.3. The Balaban J connectivity index is 1.52. The molecule has 1 fully saturated rings. The number of rotatable bonds is 5. The van der Waals surface area contributed by atoms with Crippen LogP contribution in [0.1, 0.15) is 23.6 Å². The predicted octanol–water partition coefficient (Wildman–Crippen LogP) is 2.93. The van der Waals surface area contributed by atoms with Crippen LogP contribution in [0.15, 0.2) is 47.4 Å². The van der Waals surface area contributed by atoms with Crippen molar-refractivity contribution in [3.63, 3.8) is 0 Å². The average molecular weight is 365 g/mol. The summed E-state index contributed by atoms with van der Waals surface area (Å²) in [7, 11) is 3.33. The van der Waals surface area contributed by atoms with Crippen molar-refractivity contribution in [2.24, 2.45) is 0 Å². The minimum atomic E-state index is -0.0640. The number of hydrogen-bond donors (Lipinski definition) is 1. The molecule has 6 nitrogen and oxygen atoms in total. The van der Waals surface area contributed by atoms with Gasteiger partial charge < -0.3 is 14.5 Å². The molecule has 2 aromatic heterocycles. The molecule has 0 amide bonds. The van der Waals surface area contributed by atoms with E-state index < -0.39 is 0 Å². The highest BCUT2D eigenvalue weighted by molar-refractivity contribution is 5.77. The van der Waals surface area contributed by atoms with Crippen LogP contribution in [0.25, 0.3) is 10.9 Å². The van der Waals surface area contributed by atoms with Crippen LogP contribution in [0, 0.1) is 0 Å². The topological polar surface area (TPSA) is 67.5 Å². The number of likely N-dealkylation sites (tertiary alicyclic amines) is 1. The van der Waals surface area contributed by atoms with Crippen LogP contribution in [0.3, 0.4) is 0 Å². The molecule has 1 aliphatic rings. The molecule has 140 valence electrons. The Morgan fingerprint density at radius 3 is 2.93 bits per heavy atom. The number of benzene rings is 1. The van der Waals surface area contributed by atoms with Gasteiger partial charge in [0.2, 0.25) is 0 Å². The maximum Gasteiger partial charge on any atom is 0.257 e. The van der Waals surface area contributed by atoms with E-state index in [0.717, 1.165) is 54.3 Å². The Morgan fingerprint density at radius 1 is 1.22 bits per heavy atom. The van der Waals surface area contributed by atoms with E-state index in [2.05, 4.69) is 14.9 Å². The first-order chi connectivity index (χ1) is 13.2. The molecule has 1 saturated heterocycles.